The zero-order valence-corrected chi connectivity index (χ0v) is 13.0. The maximum Gasteiger partial charge on any atom is 0.449 e. The minimum atomic E-state index is -4.52. The van der Waals surface area contributed by atoms with E-state index in [-0.39, 0.29) is 25.5 Å². The van der Waals surface area contributed by atoms with Gasteiger partial charge in [-0.05, 0) is 6.92 Å². The van der Waals surface area contributed by atoms with E-state index in [0.29, 0.717) is 5.69 Å². The Bertz CT molecular complexity index is 611. The van der Waals surface area contributed by atoms with Crippen LogP contribution in [0.2, 0.25) is 0 Å². The van der Waals surface area contributed by atoms with Crippen LogP contribution >= 0.6 is 0 Å². The Morgan fingerprint density at radius 3 is 2.57 bits per heavy atom. The highest BCUT2D eigenvalue weighted by Gasteiger charge is 2.38. The number of fused-ring (bicyclic) bond motifs is 1. The lowest BCUT2D eigenvalue weighted by Crippen LogP contribution is -2.51. The van der Waals surface area contributed by atoms with Gasteiger partial charge >= 0.3 is 12.2 Å². The maximum atomic E-state index is 12.8. The van der Waals surface area contributed by atoms with Gasteiger partial charge < -0.3 is 19.7 Å². The van der Waals surface area contributed by atoms with Crippen LogP contribution in [-0.2, 0) is 24.1 Å². The van der Waals surface area contributed by atoms with Crippen LogP contribution in [0.1, 0.15) is 18.4 Å². The molecule has 1 aliphatic rings. The lowest BCUT2D eigenvalue weighted by atomic mass is 10.3. The summed E-state index contributed by atoms with van der Waals surface area (Å²) in [5.74, 6) is -1.22. The molecule has 7 nitrogen and oxygen atoms in total. The molecule has 10 heteroatoms. The molecule has 128 valence electrons. The molecule has 1 N–H and O–H groups in total. The second kappa shape index (κ2) is 6.09. The van der Waals surface area contributed by atoms with E-state index in [1.807, 2.05) is 0 Å². The van der Waals surface area contributed by atoms with Crippen molar-refractivity contribution in [2.75, 3.05) is 20.6 Å². The second-order valence-electron chi connectivity index (χ2n) is 5.55. The summed E-state index contributed by atoms with van der Waals surface area (Å²) >= 11 is 0. The number of carbonyl (C=O) groups excluding carboxylic acids is 2. The third kappa shape index (κ3) is 3.57. The van der Waals surface area contributed by atoms with Crippen LogP contribution in [0.25, 0.3) is 0 Å². The molecule has 0 saturated carbocycles. The number of imidazole rings is 1. The van der Waals surface area contributed by atoms with Crippen LogP contribution < -0.4 is 5.32 Å². The van der Waals surface area contributed by atoms with Gasteiger partial charge in [0.15, 0.2) is 0 Å². The molecule has 0 aliphatic carbocycles. The van der Waals surface area contributed by atoms with Crippen molar-refractivity contribution in [1.82, 2.24) is 24.7 Å². The minimum absolute atomic E-state index is 0.00754. The number of hydrogen-bond acceptors (Lipinski definition) is 3. The largest absolute Gasteiger partial charge is 0.449 e. The molecule has 2 heterocycles. The number of aromatic nitrogens is 2. The molecule has 2 rings (SSSR count). The Kier molecular flexibility index (Phi) is 4.53. The number of rotatable bonds is 2. The number of halogens is 3. The first-order valence-electron chi connectivity index (χ1n) is 6.99. The van der Waals surface area contributed by atoms with Crippen molar-refractivity contribution in [3.63, 3.8) is 0 Å². The number of carbonyl (C=O) groups is 2. The van der Waals surface area contributed by atoms with Gasteiger partial charge in [-0.2, -0.15) is 13.2 Å². The number of likely N-dealkylation sites (N-methyl/N-ethyl adjacent to an activating group) is 1. The smallest absolute Gasteiger partial charge is 0.347 e. The summed E-state index contributed by atoms with van der Waals surface area (Å²) in [6.45, 7) is 1.68. The molecule has 0 spiro atoms. The van der Waals surface area contributed by atoms with Gasteiger partial charge in [-0.3, -0.25) is 4.79 Å². The van der Waals surface area contributed by atoms with Crippen LogP contribution in [-0.4, -0.2) is 58.0 Å². The molecule has 0 aromatic carbocycles. The minimum Gasteiger partial charge on any atom is -0.347 e. The van der Waals surface area contributed by atoms with Gasteiger partial charge in [0.25, 0.3) is 0 Å². The Morgan fingerprint density at radius 1 is 1.35 bits per heavy atom. The Balaban J connectivity index is 2.04. The van der Waals surface area contributed by atoms with E-state index in [2.05, 4.69) is 10.3 Å². The molecular formula is C13H18F3N5O2. The van der Waals surface area contributed by atoms with Crippen molar-refractivity contribution in [2.45, 2.75) is 32.2 Å². The average Bonchev–Trinajstić information content (AvgIpc) is 2.88. The van der Waals surface area contributed by atoms with E-state index >= 15 is 0 Å². The van der Waals surface area contributed by atoms with E-state index in [1.54, 1.807) is 21.0 Å². The zero-order chi connectivity index (χ0) is 17.4. The summed E-state index contributed by atoms with van der Waals surface area (Å²) in [5.41, 5.74) is 0.310. The summed E-state index contributed by atoms with van der Waals surface area (Å²) < 4.78 is 39.4. The SMILES string of the molecule is C[C@H](NC(=O)N1CCn2c(cnc2C(F)(F)F)C1)C(=O)N(C)C. The molecule has 1 aliphatic heterocycles. The maximum absolute atomic E-state index is 12.8. The molecule has 0 fully saturated rings. The van der Waals surface area contributed by atoms with Crippen LogP contribution in [0.15, 0.2) is 6.20 Å². The van der Waals surface area contributed by atoms with Crippen molar-refractivity contribution in [2.24, 2.45) is 0 Å². The molecule has 3 amide bonds. The third-order valence-electron chi connectivity index (χ3n) is 3.58. The van der Waals surface area contributed by atoms with Gasteiger partial charge in [0.1, 0.15) is 6.04 Å². The summed E-state index contributed by atoms with van der Waals surface area (Å²) in [4.78, 5) is 30.0. The highest BCUT2D eigenvalue weighted by molar-refractivity contribution is 5.86. The summed E-state index contributed by atoms with van der Waals surface area (Å²) in [6, 6.07) is -1.20. The van der Waals surface area contributed by atoms with Gasteiger partial charge in [0, 0.05) is 27.2 Å². The topological polar surface area (TPSA) is 70.5 Å². The van der Waals surface area contributed by atoms with Gasteiger partial charge in [-0.15, -0.1) is 0 Å². The third-order valence-corrected chi connectivity index (χ3v) is 3.58. The summed E-state index contributed by atoms with van der Waals surface area (Å²) in [7, 11) is 3.15. The normalized spacial score (nSPS) is 15.8. The molecule has 0 unspecified atom stereocenters. The number of amides is 3. The van der Waals surface area contributed by atoms with Crippen LogP contribution in [0.4, 0.5) is 18.0 Å². The van der Waals surface area contributed by atoms with Crippen molar-refractivity contribution in [1.29, 1.82) is 0 Å². The van der Waals surface area contributed by atoms with Gasteiger partial charge in [-0.1, -0.05) is 0 Å². The molecule has 1 aromatic rings. The first-order chi connectivity index (χ1) is 10.6. The van der Waals surface area contributed by atoms with Crippen molar-refractivity contribution in [3.8, 4) is 0 Å². The summed E-state index contributed by atoms with van der Waals surface area (Å²) in [6.07, 6.45) is -3.40. The molecule has 0 radical (unpaired) electrons. The second-order valence-corrected chi connectivity index (χ2v) is 5.55. The van der Waals surface area contributed by atoms with E-state index in [4.69, 9.17) is 0 Å². The van der Waals surface area contributed by atoms with E-state index in [1.165, 1.54) is 9.80 Å². The fraction of sp³-hybridized carbons (Fsp3) is 0.615. The Morgan fingerprint density at radius 2 is 2.00 bits per heavy atom. The molecule has 1 atom stereocenters. The highest BCUT2D eigenvalue weighted by Crippen LogP contribution is 2.30. The lowest BCUT2D eigenvalue weighted by molar-refractivity contribution is -0.147. The number of hydrogen-bond donors (Lipinski definition) is 1. The molecule has 1 aromatic heterocycles. The number of alkyl halides is 3. The van der Waals surface area contributed by atoms with Gasteiger partial charge in [-0.25, -0.2) is 9.78 Å². The number of urea groups is 1. The molecule has 0 bridgehead atoms. The first kappa shape index (κ1) is 17.1. The van der Waals surface area contributed by atoms with Crippen LogP contribution in [0.3, 0.4) is 0 Å². The number of nitrogens with one attached hydrogen (secondary N) is 1. The molecule has 23 heavy (non-hydrogen) atoms. The monoisotopic (exact) mass is 333 g/mol. The fourth-order valence-corrected chi connectivity index (χ4v) is 2.41. The van der Waals surface area contributed by atoms with E-state index in [9.17, 15) is 22.8 Å². The van der Waals surface area contributed by atoms with Crippen molar-refractivity contribution >= 4 is 11.9 Å². The molecular weight excluding hydrogens is 315 g/mol. The fourth-order valence-electron chi connectivity index (χ4n) is 2.41. The predicted molar refractivity (Wildman–Crippen MR) is 74.3 cm³/mol. The lowest BCUT2D eigenvalue weighted by Gasteiger charge is -2.30. The molecule has 0 saturated heterocycles. The van der Waals surface area contributed by atoms with Crippen LogP contribution in [0.5, 0.6) is 0 Å². The van der Waals surface area contributed by atoms with Gasteiger partial charge in [0.05, 0.1) is 18.4 Å². The van der Waals surface area contributed by atoms with Crippen molar-refractivity contribution < 1.29 is 22.8 Å². The van der Waals surface area contributed by atoms with E-state index < -0.39 is 24.1 Å². The number of nitrogens with zero attached hydrogens (tertiary/aromatic N) is 4. The highest BCUT2D eigenvalue weighted by atomic mass is 19.4. The quantitative estimate of drug-likeness (QED) is 0.874. The zero-order valence-electron chi connectivity index (χ0n) is 13.0. The van der Waals surface area contributed by atoms with Crippen LogP contribution in [0, 0.1) is 0 Å². The van der Waals surface area contributed by atoms with E-state index in [0.717, 1.165) is 10.8 Å². The summed E-state index contributed by atoms with van der Waals surface area (Å²) in [5, 5.41) is 2.54. The predicted octanol–water partition coefficient (Wildman–Crippen LogP) is 0.904. The van der Waals surface area contributed by atoms with Gasteiger partial charge in [0.2, 0.25) is 11.7 Å². The standard InChI is InChI=1S/C13H18F3N5O2/c1-8(10(22)19(2)3)18-12(23)20-4-5-21-9(7-20)6-17-11(21)13(14,15)16/h6,8H,4-5,7H2,1-3H3,(H,18,23)/t8-/m0/s1. The van der Waals surface area contributed by atoms with Crippen molar-refractivity contribution in [3.05, 3.63) is 17.7 Å². The first-order valence-corrected chi connectivity index (χ1v) is 6.99. The Hall–Kier alpha value is -2.26. The Labute approximate surface area is 131 Å². The average molecular weight is 333 g/mol.